The minimum Gasteiger partial charge on any atom is -0.395 e. The summed E-state index contributed by atoms with van der Waals surface area (Å²) in [5.74, 6) is 1.17. The quantitative estimate of drug-likeness (QED) is 0.790. The Balaban J connectivity index is 1.89. The Morgan fingerprint density at radius 2 is 1.83 bits per heavy atom. The highest BCUT2D eigenvalue weighted by Gasteiger charge is 2.31. The van der Waals surface area contributed by atoms with Crippen LogP contribution < -0.4 is 0 Å². The fourth-order valence-electron chi connectivity index (χ4n) is 3.80. The lowest BCUT2D eigenvalue weighted by Crippen LogP contribution is -2.43. The van der Waals surface area contributed by atoms with Crippen LogP contribution in [0, 0.1) is 11.8 Å². The first-order valence-electron chi connectivity index (χ1n) is 7.73. The summed E-state index contributed by atoms with van der Waals surface area (Å²) >= 11 is 0. The molecule has 0 spiro atoms. The molecule has 2 aliphatic carbocycles. The number of aliphatic hydroxyl groups excluding tert-OH is 2. The number of rotatable bonds is 5. The summed E-state index contributed by atoms with van der Waals surface area (Å²) in [6, 6.07) is 0.654. The van der Waals surface area contributed by atoms with Crippen molar-refractivity contribution in [1.29, 1.82) is 0 Å². The van der Waals surface area contributed by atoms with E-state index in [1.165, 1.54) is 32.1 Å². The van der Waals surface area contributed by atoms with Gasteiger partial charge in [0.1, 0.15) is 0 Å². The van der Waals surface area contributed by atoms with Crippen LogP contribution in [0.25, 0.3) is 0 Å². The van der Waals surface area contributed by atoms with Gasteiger partial charge in [-0.15, -0.1) is 0 Å². The van der Waals surface area contributed by atoms with E-state index >= 15 is 0 Å². The van der Waals surface area contributed by atoms with Gasteiger partial charge in [0.25, 0.3) is 0 Å². The largest absolute Gasteiger partial charge is 0.395 e. The molecule has 0 aliphatic heterocycles. The summed E-state index contributed by atoms with van der Waals surface area (Å²) in [5, 5.41) is 19.4. The van der Waals surface area contributed by atoms with E-state index in [0.717, 1.165) is 31.8 Å². The lowest BCUT2D eigenvalue weighted by molar-refractivity contribution is 0.0179. The molecular formula is C15H29NO2. The van der Waals surface area contributed by atoms with Crippen LogP contribution in [0.15, 0.2) is 0 Å². The molecule has 0 aromatic rings. The van der Waals surface area contributed by atoms with E-state index < -0.39 is 0 Å². The molecule has 2 N–H and O–H groups in total. The molecule has 0 amide bonds. The van der Waals surface area contributed by atoms with Crippen LogP contribution in [-0.4, -0.2) is 47.0 Å². The van der Waals surface area contributed by atoms with E-state index in [1.807, 2.05) is 0 Å². The maximum atomic E-state index is 10.2. The Labute approximate surface area is 111 Å². The molecule has 2 saturated carbocycles. The van der Waals surface area contributed by atoms with Gasteiger partial charge in [-0.05, 0) is 43.9 Å². The number of hydrogen-bond donors (Lipinski definition) is 2. The Morgan fingerprint density at radius 1 is 1.11 bits per heavy atom. The summed E-state index contributed by atoms with van der Waals surface area (Å²) in [6.07, 6.45) is 8.37. The van der Waals surface area contributed by atoms with Crippen LogP contribution in [-0.2, 0) is 0 Å². The van der Waals surface area contributed by atoms with Crippen molar-refractivity contribution in [3.63, 3.8) is 0 Å². The third-order valence-electron chi connectivity index (χ3n) is 4.90. The van der Waals surface area contributed by atoms with Gasteiger partial charge in [-0.3, -0.25) is 4.90 Å². The molecule has 18 heavy (non-hydrogen) atoms. The zero-order valence-electron chi connectivity index (χ0n) is 11.7. The molecule has 0 saturated heterocycles. The molecule has 0 radical (unpaired) electrons. The second-order valence-corrected chi connectivity index (χ2v) is 6.40. The predicted octanol–water partition coefficient (Wildman–Crippen LogP) is 2.02. The van der Waals surface area contributed by atoms with Gasteiger partial charge >= 0.3 is 0 Å². The van der Waals surface area contributed by atoms with Crippen LogP contribution in [0.4, 0.5) is 0 Å². The third kappa shape index (κ3) is 3.69. The van der Waals surface area contributed by atoms with E-state index in [-0.39, 0.29) is 12.7 Å². The number of aliphatic hydroxyl groups is 2. The van der Waals surface area contributed by atoms with Crippen molar-refractivity contribution in [2.24, 2.45) is 11.8 Å². The first kappa shape index (κ1) is 14.3. The summed E-state index contributed by atoms with van der Waals surface area (Å²) in [6.45, 7) is 4.30. The molecule has 0 bridgehead atoms. The van der Waals surface area contributed by atoms with Crippen molar-refractivity contribution < 1.29 is 10.2 Å². The molecule has 3 nitrogen and oxygen atoms in total. The fourth-order valence-corrected chi connectivity index (χ4v) is 3.80. The smallest absolute Gasteiger partial charge is 0.0580 e. The number of nitrogens with zero attached hydrogens (tertiary/aromatic N) is 1. The molecular weight excluding hydrogens is 226 g/mol. The lowest BCUT2D eigenvalue weighted by Gasteiger charge is -2.37. The summed E-state index contributed by atoms with van der Waals surface area (Å²) in [7, 11) is 0. The first-order valence-corrected chi connectivity index (χ1v) is 7.73. The average Bonchev–Trinajstić information content (AvgIpc) is 2.87. The maximum absolute atomic E-state index is 10.2. The van der Waals surface area contributed by atoms with Crippen LogP contribution in [0.3, 0.4) is 0 Å². The second kappa shape index (κ2) is 6.88. The molecule has 2 fully saturated rings. The average molecular weight is 255 g/mol. The van der Waals surface area contributed by atoms with E-state index in [0.29, 0.717) is 12.0 Å². The number of hydrogen-bond acceptors (Lipinski definition) is 3. The normalized spacial score (nSPS) is 34.3. The van der Waals surface area contributed by atoms with Crippen LogP contribution in [0.5, 0.6) is 0 Å². The van der Waals surface area contributed by atoms with Crippen molar-refractivity contribution in [2.75, 3.05) is 19.7 Å². The highest BCUT2D eigenvalue weighted by atomic mass is 16.3. The predicted molar refractivity (Wildman–Crippen MR) is 73.4 cm³/mol. The summed E-state index contributed by atoms with van der Waals surface area (Å²) < 4.78 is 0. The van der Waals surface area contributed by atoms with Gasteiger partial charge in [0.2, 0.25) is 0 Å². The first-order chi connectivity index (χ1) is 8.70. The fraction of sp³-hybridized carbons (Fsp3) is 1.00. The minimum absolute atomic E-state index is 0.121. The molecule has 0 aromatic heterocycles. The van der Waals surface area contributed by atoms with E-state index in [4.69, 9.17) is 0 Å². The van der Waals surface area contributed by atoms with E-state index in [1.54, 1.807) is 0 Å². The van der Waals surface area contributed by atoms with Crippen molar-refractivity contribution in [3.05, 3.63) is 0 Å². The zero-order valence-corrected chi connectivity index (χ0v) is 11.7. The molecule has 2 aliphatic rings. The van der Waals surface area contributed by atoms with Crippen molar-refractivity contribution >= 4 is 0 Å². The monoisotopic (exact) mass is 255 g/mol. The van der Waals surface area contributed by atoms with Crippen molar-refractivity contribution in [1.82, 2.24) is 4.90 Å². The van der Waals surface area contributed by atoms with E-state index in [9.17, 15) is 10.2 Å². The molecule has 0 heterocycles. The molecule has 3 heteroatoms. The van der Waals surface area contributed by atoms with Gasteiger partial charge < -0.3 is 10.2 Å². The molecule has 3 unspecified atom stereocenters. The van der Waals surface area contributed by atoms with Crippen molar-refractivity contribution in [3.8, 4) is 0 Å². The van der Waals surface area contributed by atoms with Gasteiger partial charge in [0.15, 0.2) is 0 Å². The van der Waals surface area contributed by atoms with Gasteiger partial charge in [0, 0.05) is 19.1 Å². The Bertz CT molecular complexity index is 241. The Hall–Kier alpha value is -0.120. The Morgan fingerprint density at radius 3 is 2.50 bits per heavy atom. The van der Waals surface area contributed by atoms with Crippen LogP contribution in [0.1, 0.15) is 51.9 Å². The van der Waals surface area contributed by atoms with Crippen LogP contribution >= 0.6 is 0 Å². The topological polar surface area (TPSA) is 43.7 Å². The van der Waals surface area contributed by atoms with Gasteiger partial charge in [-0.2, -0.15) is 0 Å². The standard InChI is InChI=1S/C15H29NO2/c1-12-6-7-15(18)13(10-12)11-16(8-9-17)14-4-2-3-5-14/h12-15,17-18H,2-11H2,1H3. The third-order valence-corrected chi connectivity index (χ3v) is 4.90. The molecule has 3 atom stereocenters. The summed E-state index contributed by atoms with van der Waals surface area (Å²) in [5.41, 5.74) is 0. The highest BCUT2D eigenvalue weighted by molar-refractivity contribution is 4.84. The summed E-state index contributed by atoms with van der Waals surface area (Å²) in [4.78, 5) is 2.44. The lowest BCUT2D eigenvalue weighted by atomic mass is 9.80. The van der Waals surface area contributed by atoms with Gasteiger partial charge in [-0.25, -0.2) is 0 Å². The molecule has 2 rings (SSSR count). The van der Waals surface area contributed by atoms with Crippen LogP contribution in [0.2, 0.25) is 0 Å². The van der Waals surface area contributed by atoms with Gasteiger partial charge in [-0.1, -0.05) is 19.8 Å². The van der Waals surface area contributed by atoms with E-state index in [2.05, 4.69) is 11.8 Å². The zero-order chi connectivity index (χ0) is 13.0. The van der Waals surface area contributed by atoms with Crippen molar-refractivity contribution in [2.45, 2.75) is 64.0 Å². The second-order valence-electron chi connectivity index (χ2n) is 6.40. The maximum Gasteiger partial charge on any atom is 0.0580 e. The minimum atomic E-state index is -0.121. The van der Waals surface area contributed by atoms with Gasteiger partial charge in [0.05, 0.1) is 12.7 Å². The SMILES string of the molecule is CC1CCC(O)C(CN(CCO)C2CCCC2)C1. The molecule has 106 valence electrons. The highest BCUT2D eigenvalue weighted by Crippen LogP contribution is 2.31. The molecule has 0 aromatic carbocycles. The Kier molecular flexibility index (Phi) is 5.46.